The van der Waals surface area contributed by atoms with Crippen LogP contribution in [-0.2, 0) is 0 Å². The van der Waals surface area contributed by atoms with Gasteiger partial charge in [-0.05, 0) is 64.5 Å². The Morgan fingerprint density at radius 2 is 0.929 bits per heavy atom. The molecular weight excluding hydrogens is 681 g/mol. The summed E-state index contributed by atoms with van der Waals surface area (Å²) in [6, 6.07) is 71.0. The van der Waals surface area contributed by atoms with Crippen LogP contribution in [0.1, 0.15) is 0 Å². The van der Waals surface area contributed by atoms with E-state index in [0.29, 0.717) is 0 Å². The molecule has 0 aliphatic heterocycles. The molecule has 0 aliphatic carbocycles. The minimum Gasteiger partial charge on any atom is -0.309 e. The molecule has 0 saturated carbocycles. The number of pyridine rings is 2. The first-order valence-corrected chi connectivity index (χ1v) is 19.0. The maximum Gasteiger partial charge on any atom is 0.101 e. The first-order chi connectivity index (χ1) is 27.8. The highest BCUT2D eigenvalue weighted by Gasteiger charge is 2.20. The first kappa shape index (κ1) is 31.9. The third-order valence-electron chi connectivity index (χ3n) is 10.9. The molecule has 0 spiro atoms. The molecule has 11 aromatic rings. The molecule has 0 atom stereocenters. The van der Waals surface area contributed by atoms with Crippen molar-refractivity contribution in [1.29, 1.82) is 0 Å². The molecule has 0 aliphatic rings. The van der Waals surface area contributed by atoms with Gasteiger partial charge in [-0.2, -0.15) is 5.10 Å². The number of fused-ring (bicyclic) bond motifs is 6. The highest BCUT2D eigenvalue weighted by Crippen LogP contribution is 2.41. The van der Waals surface area contributed by atoms with Crippen LogP contribution in [0.4, 0.5) is 0 Å². The van der Waals surface area contributed by atoms with E-state index in [0.717, 1.165) is 78.0 Å². The lowest BCUT2D eigenvalue weighted by atomic mass is 9.93. The van der Waals surface area contributed by atoms with E-state index in [9.17, 15) is 0 Å². The monoisotopic (exact) mass is 714 g/mol. The molecule has 0 N–H and O–H groups in total. The van der Waals surface area contributed by atoms with Gasteiger partial charge in [-0.3, -0.25) is 0 Å². The summed E-state index contributed by atoms with van der Waals surface area (Å²) < 4.78 is 4.41. The molecule has 4 aromatic heterocycles. The van der Waals surface area contributed by atoms with Crippen LogP contribution in [-0.4, -0.2) is 19.2 Å². The van der Waals surface area contributed by atoms with E-state index in [-0.39, 0.29) is 0 Å². The van der Waals surface area contributed by atoms with Crippen LogP contribution in [0.25, 0.3) is 99.8 Å². The van der Waals surface area contributed by atoms with Crippen molar-refractivity contribution in [3.63, 3.8) is 0 Å². The van der Waals surface area contributed by atoms with Crippen molar-refractivity contribution in [1.82, 2.24) is 19.2 Å². The number of hydrogen-bond acceptors (Lipinski definition) is 2. The molecular formula is C52H34N4. The van der Waals surface area contributed by atoms with Gasteiger partial charge in [-0.15, -0.1) is 0 Å². The molecule has 0 radical (unpaired) electrons. The second-order valence-electron chi connectivity index (χ2n) is 14.2. The van der Waals surface area contributed by atoms with E-state index < -0.39 is 0 Å². The predicted octanol–water partition coefficient (Wildman–Crippen LogP) is 13.3. The molecule has 7 aromatic carbocycles. The number of benzene rings is 7. The van der Waals surface area contributed by atoms with Crippen LogP contribution < -0.4 is 0 Å². The van der Waals surface area contributed by atoms with E-state index in [1.807, 2.05) is 4.52 Å². The predicted molar refractivity (Wildman–Crippen MR) is 232 cm³/mol. The van der Waals surface area contributed by atoms with E-state index in [4.69, 9.17) is 10.1 Å². The number of hydrogen-bond donors (Lipinski definition) is 0. The second kappa shape index (κ2) is 13.1. The van der Waals surface area contributed by atoms with Gasteiger partial charge in [0.05, 0.1) is 27.9 Å². The Kier molecular flexibility index (Phi) is 7.46. The zero-order valence-electron chi connectivity index (χ0n) is 30.4. The average Bonchev–Trinajstić information content (AvgIpc) is 3.84. The third kappa shape index (κ3) is 5.23. The standard InChI is InChI=1S/C52H34N4/c1-4-16-35(17-5-1)46-33-39(34-47(53-46)38-22-14-23-40(32-38)56-48-28-12-10-24-43(48)44-25-11-13-29-49(44)56)41-26-15-27-45-42(41)30-31-55-52(45)50(36-18-6-2-7-19-36)51(54-55)37-20-8-3-9-21-37/h1-34H. The quantitative estimate of drug-likeness (QED) is 0.172. The zero-order chi connectivity index (χ0) is 37.0. The van der Waals surface area contributed by atoms with E-state index in [1.54, 1.807) is 0 Å². The summed E-state index contributed by atoms with van der Waals surface area (Å²) in [5.74, 6) is 0. The van der Waals surface area contributed by atoms with Crippen molar-refractivity contribution < 1.29 is 0 Å². The largest absolute Gasteiger partial charge is 0.309 e. The van der Waals surface area contributed by atoms with Crippen LogP contribution >= 0.6 is 0 Å². The van der Waals surface area contributed by atoms with Crippen molar-refractivity contribution in [2.45, 2.75) is 0 Å². The van der Waals surface area contributed by atoms with E-state index >= 15 is 0 Å². The van der Waals surface area contributed by atoms with E-state index in [1.165, 1.54) is 21.8 Å². The van der Waals surface area contributed by atoms with Gasteiger partial charge in [0, 0.05) is 50.3 Å². The summed E-state index contributed by atoms with van der Waals surface area (Å²) in [6.45, 7) is 0. The third-order valence-corrected chi connectivity index (χ3v) is 10.9. The van der Waals surface area contributed by atoms with Gasteiger partial charge in [0.15, 0.2) is 0 Å². The molecule has 4 heteroatoms. The second-order valence-corrected chi connectivity index (χ2v) is 14.2. The fraction of sp³-hybridized carbons (Fsp3) is 0. The van der Waals surface area contributed by atoms with Crippen LogP contribution in [0.2, 0.25) is 0 Å². The lowest BCUT2D eigenvalue weighted by Gasteiger charge is -2.14. The summed E-state index contributed by atoms with van der Waals surface area (Å²) in [5.41, 5.74) is 15.1. The minimum absolute atomic E-state index is 0.919. The van der Waals surface area contributed by atoms with Gasteiger partial charge in [0.1, 0.15) is 5.69 Å². The smallest absolute Gasteiger partial charge is 0.101 e. The SMILES string of the molecule is c1ccc(-c2cc(-c3cccc4c3ccn3nc(-c5ccccc5)c(-c5ccccc5)c43)cc(-c3cccc(-n4c5ccccc5c5ccccc54)c3)n2)cc1. The molecule has 11 rings (SSSR count). The molecule has 0 unspecified atom stereocenters. The summed E-state index contributed by atoms with van der Waals surface area (Å²) in [6.07, 6.45) is 2.11. The molecule has 56 heavy (non-hydrogen) atoms. The molecule has 0 amide bonds. The lowest BCUT2D eigenvalue weighted by molar-refractivity contribution is 0.971. The number of aromatic nitrogens is 4. The molecule has 0 bridgehead atoms. The minimum atomic E-state index is 0.919. The Morgan fingerprint density at radius 3 is 1.62 bits per heavy atom. The fourth-order valence-electron chi connectivity index (χ4n) is 8.42. The van der Waals surface area contributed by atoms with Gasteiger partial charge in [-0.1, -0.05) is 158 Å². The van der Waals surface area contributed by atoms with Crippen molar-refractivity contribution in [3.05, 3.63) is 206 Å². The summed E-state index contributed by atoms with van der Waals surface area (Å²) in [5, 5.41) is 9.99. The fourth-order valence-corrected chi connectivity index (χ4v) is 8.42. The van der Waals surface area contributed by atoms with Gasteiger partial charge in [0.2, 0.25) is 0 Å². The Balaban J connectivity index is 1.13. The number of para-hydroxylation sites is 2. The highest BCUT2D eigenvalue weighted by molar-refractivity contribution is 6.12. The molecule has 262 valence electrons. The first-order valence-electron chi connectivity index (χ1n) is 19.0. The Labute approximate surface area is 324 Å². The molecule has 4 nitrogen and oxygen atoms in total. The van der Waals surface area contributed by atoms with Gasteiger partial charge < -0.3 is 4.57 Å². The lowest BCUT2D eigenvalue weighted by Crippen LogP contribution is -1.96. The summed E-state index contributed by atoms with van der Waals surface area (Å²) in [7, 11) is 0. The average molecular weight is 715 g/mol. The van der Waals surface area contributed by atoms with Gasteiger partial charge in [0.25, 0.3) is 0 Å². The van der Waals surface area contributed by atoms with Crippen molar-refractivity contribution in [2.24, 2.45) is 0 Å². The number of nitrogens with zero attached hydrogens (tertiary/aromatic N) is 4. The Bertz CT molecular complexity index is 3180. The Morgan fingerprint density at radius 1 is 0.375 bits per heavy atom. The Hall–Kier alpha value is -7.56. The van der Waals surface area contributed by atoms with Crippen molar-refractivity contribution in [2.75, 3.05) is 0 Å². The molecule has 0 fully saturated rings. The molecule has 4 heterocycles. The maximum absolute atomic E-state index is 5.34. The maximum atomic E-state index is 5.34. The van der Waals surface area contributed by atoms with Crippen LogP contribution in [0, 0.1) is 0 Å². The topological polar surface area (TPSA) is 35.1 Å². The summed E-state index contributed by atoms with van der Waals surface area (Å²) >= 11 is 0. The van der Waals surface area contributed by atoms with Gasteiger partial charge >= 0.3 is 0 Å². The van der Waals surface area contributed by atoms with Crippen molar-refractivity contribution >= 4 is 38.1 Å². The summed E-state index contributed by atoms with van der Waals surface area (Å²) in [4.78, 5) is 5.34. The molecule has 0 saturated heterocycles. The normalized spacial score (nSPS) is 11.6. The number of rotatable bonds is 6. The van der Waals surface area contributed by atoms with Crippen LogP contribution in [0.5, 0.6) is 0 Å². The van der Waals surface area contributed by atoms with E-state index in [2.05, 4.69) is 211 Å². The zero-order valence-corrected chi connectivity index (χ0v) is 30.4. The van der Waals surface area contributed by atoms with Crippen LogP contribution in [0.3, 0.4) is 0 Å². The highest BCUT2D eigenvalue weighted by atomic mass is 15.2. The van der Waals surface area contributed by atoms with Crippen molar-refractivity contribution in [3.8, 4) is 61.7 Å². The van der Waals surface area contributed by atoms with Crippen LogP contribution in [0.15, 0.2) is 206 Å². The van der Waals surface area contributed by atoms with Gasteiger partial charge in [-0.25, -0.2) is 9.50 Å².